The summed E-state index contributed by atoms with van der Waals surface area (Å²) in [7, 11) is 0. The van der Waals surface area contributed by atoms with Crippen molar-refractivity contribution in [3.63, 3.8) is 0 Å². The van der Waals surface area contributed by atoms with E-state index in [1.54, 1.807) is 0 Å². The van der Waals surface area contributed by atoms with Crippen molar-refractivity contribution in [1.82, 2.24) is 0 Å². The van der Waals surface area contributed by atoms with Gasteiger partial charge < -0.3 is 5.11 Å². The zero-order valence-electron chi connectivity index (χ0n) is 11.3. The first-order valence-corrected chi connectivity index (χ1v) is 5.89. The van der Waals surface area contributed by atoms with Crippen LogP contribution in [0, 0.1) is 28.7 Å². The molecule has 0 spiro atoms. The Morgan fingerprint density at radius 1 is 0.905 bits per heavy atom. The van der Waals surface area contributed by atoms with Crippen LogP contribution in [0.2, 0.25) is 0 Å². The summed E-state index contributed by atoms with van der Waals surface area (Å²) in [5, 5.41) is 9.81. The molecule has 0 aliphatic heterocycles. The van der Waals surface area contributed by atoms with Crippen LogP contribution in [0.15, 0.2) is 5.57 Å². The van der Waals surface area contributed by atoms with Crippen LogP contribution in [-0.2, 0) is 4.79 Å². The number of hydrogen-bond acceptors (Lipinski definition) is 3. The van der Waals surface area contributed by atoms with E-state index < -0.39 is 62.7 Å². The van der Waals surface area contributed by atoms with Gasteiger partial charge in [-0.05, 0) is 0 Å². The Hall–Kier alpha value is -2.18. The zero-order valence-corrected chi connectivity index (χ0v) is 11.3. The monoisotopic (exact) mass is 302 g/mol. The number of halogens is 4. The van der Waals surface area contributed by atoms with Crippen molar-refractivity contribution < 1.29 is 32.3 Å². The lowest BCUT2D eigenvalue weighted by molar-refractivity contribution is -0.122. The lowest BCUT2D eigenvalue weighted by atomic mass is 9.85. The predicted molar refractivity (Wildman–Crippen MR) is 64.6 cm³/mol. The second-order valence-electron chi connectivity index (χ2n) is 5.64. The minimum atomic E-state index is -2.17. The van der Waals surface area contributed by atoms with Gasteiger partial charge in [-0.15, -0.1) is 0 Å². The molecule has 1 aromatic rings. The Labute approximate surface area is 116 Å². The van der Waals surface area contributed by atoms with Gasteiger partial charge in [0, 0.05) is 5.41 Å². The zero-order chi connectivity index (χ0) is 16.3. The highest BCUT2D eigenvalue weighted by atomic mass is 19.2. The van der Waals surface area contributed by atoms with E-state index in [2.05, 4.69) is 0 Å². The maximum atomic E-state index is 13.7. The van der Waals surface area contributed by atoms with Crippen LogP contribution in [0.4, 0.5) is 17.6 Å². The van der Waals surface area contributed by atoms with Crippen LogP contribution in [0.5, 0.6) is 0 Å². The van der Waals surface area contributed by atoms with Gasteiger partial charge in [-0.3, -0.25) is 9.59 Å². The molecule has 1 aromatic carbocycles. The first-order valence-electron chi connectivity index (χ1n) is 5.89. The van der Waals surface area contributed by atoms with Crippen molar-refractivity contribution in [2.45, 2.75) is 20.8 Å². The normalized spacial score (nSPS) is 14.7. The molecule has 21 heavy (non-hydrogen) atoms. The second-order valence-corrected chi connectivity index (χ2v) is 5.64. The number of aliphatic hydroxyl groups excluding tert-OH is 1. The van der Waals surface area contributed by atoms with E-state index in [4.69, 9.17) is 0 Å². The summed E-state index contributed by atoms with van der Waals surface area (Å²) in [6.07, 6.45) is 0. The number of benzene rings is 1. The molecule has 0 bridgehead atoms. The van der Waals surface area contributed by atoms with Crippen molar-refractivity contribution in [1.29, 1.82) is 0 Å². The van der Waals surface area contributed by atoms with Gasteiger partial charge in [0.15, 0.2) is 29.1 Å². The van der Waals surface area contributed by atoms with Gasteiger partial charge in [0.05, 0.1) is 11.1 Å². The molecule has 0 fully saturated rings. The number of Topliss-reactive ketones (excluding diaryl/α,β-unsaturated/α-hetero) is 2. The molecule has 112 valence electrons. The first kappa shape index (κ1) is 15.2. The standard InChI is InChI=1S/C14H10F4O3/c1-14(2,3)13(21)6-11(19)4-5(12(6)20)8(16)10(18)9(17)7(4)15/h19H,1-3H3. The molecule has 0 saturated heterocycles. The molecule has 1 N–H and O–H groups in total. The summed E-state index contributed by atoms with van der Waals surface area (Å²) >= 11 is 0. The van der Waals surface area contributed by atoms with E-state index in [0.29, 0.717) is 0 Å². The number of fused-ring (bicyclic) bond motifs is 1. The third kappa shape index (κ3) is 1.95. The van der Waals surface area contributed by atoms with Gasteiger partial charge in [0.2, 0.25) is 5.78 Å². The van der Waals surface area contributed by atoms with Crippen molar-refractivity contribution >= 4 is 17.3 Å². The van der Waals surface area contributed by atoms with Crippen molar-refractivity contribution in [3.8, 4) is 0 Å². The molecule has 0 radical (unpaired) electrons. The van der Waals surface area contributed by atoms with Crippen LogP contribution < -0.4 is 0 Å². The van der Waals surface area contributed by atoms with Crippen molar-refractivity contribution in [2.24, 2.45) is 5.41 Å². The fourth-order valence-electron chi connectivity index (χ4n) is 2.01. The molecule has 2 rings (SSSR count). The van der Waals surface area contributed by atoms with E-state index in [0.717, 1.165) is 0 Å². The molecule has 0 amide bonds. The quantitative estimate of drug-likeness (QED) is 0.375. The molecule has 0 heterocycles. The van der Waals surface area contributed by atoms with Gasteiger partial charge in [0.25, 0.3) is 0 Å². The third-order valence-corrected chi connectivity index (χ3v) is 3.10. The molecule has 0 saturated carbocycles. The highest BCUT2D eigenvalue weighted by Gasteiger charge is 2.44. The minimum Gasteiger partial charge on any atom is -0.506 e. The summed E-state index contributed by atoms with van der Waals surface area (Å²) in [6, 6.07) is 0. The molecule has 0 unspecified atom stereocenters. The Bertz CT molecular complexity index is 727. The summed E-state index contributed by atoms with van der Waals surface area (Å²) in [6.45, 7) is 4.25. The van der Waals surface area contributed by atoms with Gasteiger partial charge in [0.1, 0.15) is 11.3 Å². The lowest BCUT2D eigenvalue weighted by Gasteiger charge is -2.16. The molecule has 1 aliphatic carbocycles. The number of ketones is 2. The molecular formula is C14H10F4O3. The average molecular weight is 302 g/mol. The van der Waals surface area contributed by atoms with Crippen molar-refractivity contribution in [3.05, 3.63) is 40.0 Å². The Morgan fingerprint density at radius 2 is 1.33 bits per heavy atom. The number of carbonyl (C=O) groups excluding carboxylic acids is 2. The van der Waals surface area contributed by atoms with Crippen LogP contribution in [0.25, 0.3) is 5.76 Å². The van der Waals surface area contributed by atoms with Gasteiger partial charge in [-0.1, -0.05) is 20.8 Å². The lowest BCUT2D eigenvalue weighted by Crippen LogP contribution is -2.25. The van der Waals surface area contributed by atoms with Crippen LogP contribution in [0.1, 0.15) is 36.7 Å². The highest BCUT2D eigenvalue weighted by Crippen LogP contribution is 2.39. The van der Waals surface area contributed by atoms with Gasteiger partial charge in [-0.2, -0.15) is 0 Å². The Morgan fingerprint density at radius 3 is 1.76 bits per heavy atom. The number of allylic oxidation sites excluding steroid dienone is 1. The number of aliphatic hydroxyl groups is 1. The Balaban J connectivity index is 2.81. The topological polar surface area (TPSA) is 54.4 Å². The minimum absolute atomic E-state index is 0.875. The molecule has 3 nitrogen and oxygen atoms in total. The third-order valence-electron chi connectivity index (χ3n) is 3.10. The SMILES string of the molecule is CC(C)(C)C(=O)C1=C(O)c2c(F)c(F)c(F)c(F)c2C1=O. The summed E-state index contributed by atoms with van der Waals surface area (Å²) < 4.78 is 53.7. The Kier molecular flexibility index (Phi) is 3.19. The van der Waals surface area contributed by atoms with Crippen molar-refractivity contribution in [2.75, 3.05) is 0 Å². The molecule has 0 aromatic heterocycles. The van der Waals surface area contributed by atoms with Crippen LogP contribution in [-0.4, -0.2) is 16.7 Å². The van der Waals surface area contributed by atoms with E-state index in [1.165, 1.54) is 20.8 Å². The van der Waals surface area contributed by atoms with Crippen LogP contribution >= 0.6 is 0 Å². The summed E-state index contributed by atoms with van der Waals surface area (Å²) in [4.78, 5) is 24.1. The average Bonchev–Trinajstić information content (AvgIpc) is 2.63. The molecule has 7 heteroatoms. The maximum Gasteiger partial charge on any atom is 0.204 e. The van der Waals surface area contributed by atoms with E-state index in [9.17, 15) is 32.3 Å². The van der Waals surface area contributed by atoms with E-state index >= 15 is 0 Å². The molecular weight excluding hydrogens is 292 g/mol. The second kappa shape index (κ2) is 4.41. The number of carbonyl (C=O) groups is 2. The summed E-state index contributed by atoms with van der Waals surface area (Å²) in [5.74, 6) is -11.6. The largest absolute Gasteiger partial charge is 0.506 e. The number of hydrogen-bond donors (Lipinski definition) is 1. The highest BCUT2D eigenvalue weighted by molar-refractivity contribution is 6.35. The number of rotatable bonds is 1. The smallest absolute Gasteiger partial charge is 0.204 e. The van der Waals surface area contributed by atoms with Crippen LogP contribution in [0.3, 0.4) is 0 Å². The van der Waals surface area contributed by atoms with Gasteiger partial charge in [-0.25, -0.2) is 17.6 Å². The fourth-order valence-corrected chi connectivity index (χ4v) is 2.01. The summed E-state index contributed by atoms with van der Waals surface area (Å²) in [5.41, 5.74) is -4.30. The van der Waals surface area contributed by atoms with Gasteiger partial charge >= 0.3 is 0 Å². The predicted octanol–water partition coefficient (Wildman–Crippen LogP) is 3.32. The maximum absolute atomic E-state index is 13.7. The molecule has 1 aliphatic rings. The first-order chi connectivity index (χ1) is 9.50. The van der Waals surface area contributed by atoms with E-state index in [-0.39, 0.29) is 0 Å². The van der Waals surface area contributed by atoms with E-state index in [1.807, 2.05) is 0 Å². The fraction of sp³-hybridized carbons (Fsp3) is 0.286. The molecule has 0 atom stereocenters.